The molecule has 2 amide bonds. The Labute approximate surface area is 159 Å². The van der Waals surface area contributed by atoms with Gasteiger partial charge < -0.3 is 4.42 Å². The molecule has 0 unspecified atom stereocenters. The van der Waals surface area contributed by atoms with Crippen molar-refractivity contribution in [1.29, 1.82) is 0 Å². The summed E-state index contributed by atoms with van der Waals surface area (Å²) in [5.41, 5.74) is 4.25. The minimum Gasteiger partial charge on any atom is -0.459 e. The number of nitrogens with one attached hydrogen (secondary N) is 3. The second-order valence-electron chi connectivity index (χ2n) is 5.50. The summed E-state index contributed by atoms with van der Waals surface area (Å²) in [6.07, 6.45) is 1.31. The number of carbonyl (C=O) groups excluding carboxylic acids is 2. The van der Waals surface area contributed by atoms with E-state index in [2.05, 4.69) is 15.6 Å². The molecule has 0 atom stereocenters. The van der Waals surface area contributed by atoms with Crippen molar-refractivity contribution in [2.75, 3.05) is 4.72 Å². The van der Waals surface area contributed by atoms with E-state index in [1.807, 2.05) is 0 Å². The van der Waals surface area contributed by atoms with Crippen LogP contribution >= 0.6 is 0 Å². The summed E-state index contributed by atoms with van der Waals surface area (Å²) in [6, 6.07) is 13.2. The van der Waals surface area contributed by atoms with E-state index in [-0.39, 0.29) is 21.9 Å². The molecular formula is C18H14FN3O5S. The van der Waals surface area contributed by atoms with Crippen LogP contribution in [0.4, 0.5) is 10.1 Å². The Balaban J connectivity index is 1.66. The number of carbonyl (C=O) groups is 2. The fourth-order valence-corrected chi connectivity index (χ4v) is 3.26. The van der Waals surface area contributed by atoms with Crippen LogP contribution in [0.15, 0.2) is 76.2 Å². The molecule has 1 aromatic heterocycles. The van der Waals surface area contributed by atoms with Crippen molar-refractivity contribution in [3.63, 3.8) is 0 Å². The molecule has 0 saturated carbocycles. The number of furan rings is 1. The molecule has 0 fully saturated rings. The molecular weight excluding hydrogens is 389 g/mol. The minimum atomic E-state index is -4.04. The van der Waals surface area contributed by atoms with Gasteiger partial charge in [-0.25, -0.2) is 12.8 Å². The Hall–Kier alpha value is -3.66. The summed E-state index contributed by atoms with van der Waals surface area (Å²) in [6.45, 7) is 0. The Kier molecular flexibility index (Phi) is 5.41. The third-order valence-corrected chi connectivity index (χ3v) is 4.96. The summed E-state index contributed by atoms with van der Waals surface area (Å²) < 4.78 is 45.3. The summed E-state index contributed by atoms with van der Waals surface area (Å²) in [7, 11) is -4.04. The molecule has 2 aromatic carbocycles. The molecule has 0 aliphatic carbocycles. The van der Waals surface area contributed by atoms with Gasteiger partial charge in [-0.05, 0) is 48.5 Å². The molecule has 0 bridgehead atoms. The van der Waals surface area contributed by atoms with Crippen LogP contribution < -0.4 is 15.6 Å². The highest BCUT2D eigenvalue weighted by Gasteiger charge is 2.17. The molecule has 0 spiro atoms. The molecule has 144 valence electrons. The molecule has 3 N–H and O–H groups in total. The third-order valence-electron chi connectivity index (χ3n) is 3.58. The normalized spacial score (nSPS) is 10.9. The molecule has 0 radical (unpaired) electrons. The summed E-state index contributed by atoms with van der Waals surface area (Å²) in [4.78, 5) is 23.6. The Morgan fingerprint density at radius 3 is 2.18 bits per heavy atom. The van der Waals surface area contributed by atoms with Crippen LogP contribution in [0, 0.1) is 5.82 Å². The lowest BCUT2D eigenvalue weighted by Crippen LogP contribution is -2.41. The van der Waals surface area contributed by atoms with Crippen LogP contribution in [0.2, 0.25) is 0 Å². The van der Waals surface area contributed by atoms with E-state index < -0.39 is 27.7 Å². The lowest BCUT2D eigenvalue weighted by molar-refractivity contribution is 0.0831. The number of hydrazine groups is 1. The molecule has 0 saturated heterocycles. The SMILES string of the molecule is O=C(NNC(=O)c1ccco1)c1ccc(S(=O)(=O)Nc2ccccc2F)cc1. The first-order valence-electron chi connectivity index (χ1n) is 7.88. The number of halogens is 1. The quantitative estimate of drug-likeness (QED) is 0.565. The molecule has 0 aliphatic heterocycles. The molecule has 28 heavy (non-hydrogen) atoms. The second kappa shape index (κ2) is 7.92. The van der Waals surface area contributed by atoms with Crippen LogP contribution in [0.3, 0.4) is 0 Å². The van der Waals surface area contributed by atoms with E-state index in [1.54, 1.807) is 0 Å². The number of benzene rings is 2. The number of sulfonamides is 1. The van der Waals surface area contributed by atoms with Crippen molar-refractivity contribution in [3.05, 3.63) is 84.1 Å². The number of para-hydroxylation sites is 1. The van der Waals surface area contributed by atoms with Crippen LogP contribution in [0.1, 0.15) is 20.9 Å². The number of hydrogen-bond acceptors (Lipinski definition) is 5. The predicted octanol–water partition coefficient (Wildman–Crippen LogP) is 2.29. The topological polar surface area (TPSA) is 118 Å². The average molecular weight is 403 g/mol. The van der Waals surface area contributed by atoms with Gasteiger partial charge in [-0.3, -0.25) is 25.2 Å². The van der Waals surface area contributed by atoms with Crippen molar-refractivity contribution < 1.29 is 26.8 Å². The van der Waals surface area contributed by atoms with Gasteiger partial charge in [-0.15, -0.1) is 0 Å². The molecule has 3 aromatic rings. The van der Waals surface area contributed by atoms with Crippen molar-refractivity contribution in [2.45, 2.75) is 4.90 Å². The van der Waals surface area contributed by atoms with Gasteiger partial charge in [0.05, 0.1) is 16.8 Å². The molecule has 3 rings (SSSR count). The van der Waals surface area contributed by atoms with Crippen molar-refractivity contribution in [1.82, 2.24) is 10.9 Å². The summed E-state index contributed by atoms with van der Waals surface area (Å²) >= 11 is 0. The zero-order valence-electron chi connectivity index (χ0n) is 14.2. The first-order chi connectivity index (χ1) is 13.4. The maximum Gasteiger partial charge on any atom is 0.305 e. The zero-order chi connectivity index (χ0) is 20.1. The van der Waals surface area contributed by atoms with Crippen LogP contribution in [-0.2, 0) is 10.0 Å². The van der Waals surface area contributed by atoms with E-state index in [0.717, 1.165) is 6.07 Å². The van der Waals surface area contributed by atoms with E-state index >= 15 is 0 Å². The first kappa shape index (κ1) is 19.1. The largest absolute Gasteiger partial charge is 0.459 e. The number of hydrogen-bond donors (Lipinski definition) is 3. The van der Waals surface area contributed by atoms with Gasteiger partial charge in [0.2, 0.25) is 0 Å². The highest BCUT2D eigenvalue weighted by atomic mass is 32.2. The molecule has 0 aliphatic rings. The number of amides is 2. The van der Waals surface area contributed by atoms with E-state index in [0.29, 0.717) is 0 Å². The van der Waals surface area contributed by atoms with E-state index in [1.165, 1.54) is 60.9 Å². The predicted molar refractivity (Wildman–Crippen MR) is 97.3 cm³/mol. The molecule has 10 heteroatoms. The van der Waals surface area contributed by atoms with Crippen LogP contribution in [0.25, 0.3) is 0 Å². The van der Waals surface area contributed by atoms with E-state index in [4.69, 9.17) is 4.42 Å². The maximum absolute atomic E-state index is 13.6. The fraction of sp³-hybridized carbons (Fsp3) is 0. The second-order valence-corrected chi connectivity index (χ2v) is 7.18. The van der Waals surface area contributed by atoms with E-state index in [9.17, 15) is 22.4 Å². The molecule has 8 nitrogen and oxygen atoms in total. The van der Waals surface area contributed by atoms with Gasteiger partial charge >= 0.3 is 5.91 Å². The van der Waals surface area contributed by atoms with Crippen molar-refractivity contribution in [3.8, 4) is 0 Å². The van der Waals surface area contributed by atoms with Gasteiger partial charge in [-0.1, -0.05) is 12.1 Å². The Morgan fingerprint density at radius 2 is 1.54 bits per heavy atom. The zero-order valence-corrected chi connectivity index (χ0v) is 15.0. The Morgan fingerprint density at radius 1 is 0.857 bits per heavy atom. The number of anilines is 1. The third kappa shape index (κ3) is 4.35. The maximum atomic E-state index is 13.6. The summed E-state index contributed by atoms with van der Waals surface area (Å²) in [5, 5.41) is 0. The fourth-order valence-electron chi connectivity index (χ4n) is 2.19. The lowest BCUT2D eigenvalue weighted by Gasteiger charge is -2.10. The Bertz CT molecular complexity index is 1100. The monoisotopic (exact) mass is 403 g/mol. The van der Waals surface area contributed by atoms with Gasteiger partial charge in [0, 0.05) is 5.56 Å². The smallest absolute Gasteiger partial charge is 0.305 e. The highest BCUT2D eigenvalue weighted by molar-refractivity contribution is 7.92. The van der Waals surface area contributed by atoms with Gasteiger partial charge in [-0.2, -0.15) is 0 Å². The summed E-state index contributed by atoms with van der Waals surface area (Å²) in [5.74, 6) is -2.01. The van der Waals surface area contributed by atoms with Gasteiger partial charge in [0.25, 0.3) is 15.9 Å². The average Bonchev–Trinajstić information content (AvgIpc) is 3.22. The molecule has 1 heterocycles. The standard InChI is InChI=1S/C18H14FN3O5S/c19-14-4-1-2-5-15(14)22-28(25,26)13-9-7-12(8-10-13)17(23)20-21-18(24)16-6-3-11-27-16/h1-11,22H,(H,20,23)(H,21,24). The van der Waals surface area contributed by atoms with Crippen molar-refractivity contribution in [2.24, 2.45) is 0 Å². The first-order valence-corrected chi connectivity index (χ1v) is 9.37. The van der Waals surface area contributed by atoms with Gasteiger partial charge in [0.1, 0.15) is 5.82 Å². The minimum absolute atomic E-state index is 0.0148. The van der Waals surface area contributed by atoms with Crippen molar-refractivity contribution >= 4 is 27.5 Å². The van der Waals surface area contributed by atoms with Gasteiger partial charge in [0.15, 0.2) is 5.76 Å². The van der Waals surface area contributed by atoms with Crippen LogP contribution in [-0.4, -0.2) is 20.2 Å². The van der Waals surface area contributed by atoms with Crippen LogP contribution in [0.5, 0.6) is 0 Å². The highest BCUT2D eigenvalue weighted by Crippen LogP contribution is 2.19. The lowest BCUT2D eigenvalue weighted by atomic mass is 10.2. The number of rotatable bonds is 5.